The van der Waals surface area contributed by atoms with Gasteiger partial charge in [-0.3, -0.25) is 9.59 Å². The molecule has 1 amide bonds. The Morgan fingerprint density at radius 2 is 1.64 bits per heavy atom. The molecule has 8 heteroatoms. The Balaban J connectivity index is 1.46. The van der Waals surface area contributed by atoms with Crippen LogP contribution in [0.4, 0.5) is 0 Å². The third-order valence-corrected chi connectivity index (χ3v) is 9.15. The highest BCUT2D eigenvalue weighted by Gasteiger charge is 2.34. The van der Waals surface area contributed by atoms with Crippen LogP contribution in [-0.2, 0) is 34.0 Å². The fourth-order valence-corrected chi connectivity index (χ4v) is 6.89. The average Bonchev–Trinajstić information content (AvgIpc) is 3.62. The molecule has 1 aliphatic carbocycles. The number of fused-ring (bicyclic) bond motifs is 1. The van der Waals surface area contributed by atoms with Gasteiger partial charge in [0, 0.05) is 23.7 Å². The molecule has 5 rings (SSSR count). The van der Waals surface area contributed by atoms with E-state index in [1.807, 2.05) is 32.0 Å². The first-order valence-corrected chi connectivity index (χ1v) is 14.3. The van der Waals surface area contributed by atoms with Crippen LogP contribution in [0.3, 0.4) is 0 Å². The van der Waals surface area contributed by atoms with Crippen molar-refractivity contribution in [3.8, 4) is 11.3 Å². The summed E-state index contributed by atoms with van der Waals surface area (Å²) < 4.78 is 33.4. The highest BCUT2D eigenvalue weighted by Crippen LogP contribution is 2.36. The minimum Gasteiger partial charge on any atom is -0.481 e. The van der Waals surface area contributed by atoms with Crippen molar-refractivity contribution in [3.05, 3.63) is 107 Å². The quantitative estimate of drug-likeness (QED) is 0.309. The molecule has 4 aromatic rings. The maximum atomic E-state index is 14.0. The Morgan fingerprint density at radius 1 is 0.923 bits per heavy atom. The molecule has 0 fully saturated rings. The van der Waals surface area contributed by atoms with Crippen LogP contribution in [-0.4, -0.2) is 36.3 Å². The number of furan rings is 1. The number of nitrogens with zero attached hydrogens (tertiary/aromatic N) is 1. The molecule has 0 bridgehead atoms. The third-order valence-electron chi connectivity index (χ3n) is 7.21. The molecule has 0 unspecified atom stereocenters. The summed E-state index contributed by atoms with van der Waals surface area (Å²) >= 11 is 0. The van der Waals surface area contributed by atoms with Crippen molar-refractivity contribution in [1.29, 1.82) is 0 Å². The minimum atomic E-state index is -3.98. The molecule has 0 spiro atoms. The number of carboxylic acid groups (broad SMARTS) is 1. The average molecular weight is 544 g/mol. The van der Waals surface area contributed by atoms with Crippen molar-refractivity contribution in [2.45, 2.75) is 49.1 Å². The lowest BCUT2D eigenvalue weighted by Gasteiger charge is -2.28. The molecule has 0 saturated heterocycles. The number of sulfone groups is 1. The summed E-state index contributed by atoms with van der Waals surface area (Å²) in [6, 6.07) is 22.3. The summed E-state index contributed by atoms with van der Waals surface area (Å²) in [4.78, 5) is 27.1. The molecule has 1 heterocycles. The van der Waals surface area contributed by atoms with Crippen molar-refractivity contribution < 1.29 is 27.5 Å². The Hall–Kier alpha value is -4.17. The summed E-state index contributed by atoms with van der Waals surface area (Å²) in [7, 11) is -3.98. The predicted octanol–water partition coefficient (Wildman–Crippen LogP) is 5.63. The number of carbonyl (C=O) groups excluding carboxylic acids is 1. The summed E-state index contributed by atoms with van der Waals surface area (Å²) in [5, 5.41) is 9.51. The number of hydrogen-bond acceptors (Lipinski definition) is 5. The van der Waals surface area contributed by atoms with E-state index in [0.29, 0.717) is 28.9 Å². The maximum absolute atomic E-state index is 14.0. The predicted molar refractivity (Wildman–Crippen MR) is 146 cm³/mol. The Labute approximate surface area is 227 Å². The van der Waals surface area contributed by atoms with Crippen LogP contribution in [0.2, 0.25) is 0 Å². The lowest BCUT2D eigenvalue weighted by Crippen LogP contribution is -2.36. The van der Waals surface area contributed by atoms with E-state index in [1.54, 1.807) is 71.8 Å². The van der Waals surface area contributed by atoms with Gasteiger partial charge in [0.25, 0.3) is 5.91 Å². The van der Waals surface area contributed by atoms with Crippen LogP contribution in [0.1, 0.15) is 40.9 Å². The zero-order chi connectivity index (χ0) is 27.7. The van der Waals surface area contributed by atoms with E-state index in [0.717, 1.165) is 11.1 Å². The number of aliphatic carboxylic acids is 1. The molecule has 0 saturated carbocycles. The van der Waals surface area contributed by atoms with Gasteiger partial charge in [0.1, 0.15) is 5.76 Å². The van der Waals surface area contributed by atoms with Gasteiger partial charge in [0.2, 0.25) is 9.84 Å². The van der Waals surface area contributed by atoms with E-state index in [2.05, 4.69) is 0 Å². The summed E-state index contributed by atoms with van der Waals surface area (Å²) in [5.74, 6) is -1.08. The van der Waals surface area contributed by atoms with Crippen molar-refractivity contribution in [3.63, 3.8) is 0 Å². The smallest absolute Gasteiger partial charge is 0.307 e. The highest BCUT2D eigenvalue weighted by molar-refractivity contribution is 7.91. The van der Waals surface area contributed by atoms with E-state index in [-0.39, 0.29) is 34.7 Å². The summed E-state index contributed by atoms with van der Waals surface area (Å²) in [5.41, 5.74) is 3.15. The summed E-state index contributed by atoms with van der Waals surface area (Å²) in [6.45, 7) is 3.88. The molecule has 39 heavy (non-hydrogen) atoms. The van der Waals surface area contributed by atoms with Crippen LogP contribution < -0.4 is 0 Å². The normalized spacial score (nSPS) is 14.8. The van der Waals surface area contributed by atoms with Gasteiger partial charge in [-0.25, -0.2) is 8.42 Å². The van der Waals surface area contributed by atoms with Gasteiger partial charge in [-0.2, -0.15) is 0 Å². The van der Waals surface area contributed by atoms with E-state index < -0.39 is 21.7 Å². The maximum Gasteiger partial charge on any atom is 0.307 e. The van der Waals surface area contributed by atoms with E-state index >= 15 is 0 Å². The third kappa shape index (κ3) is 5.12. The van der Waals surface area contributed by atoms with Crippen LogP contribution >= 0.6 is 0 Å². The molecule has 1 aromatic heterocycles. The SMILES string of the molecule is CC(C)N(Cc1ccccc1S(=O)(=O)c1cccc2c1C[C@@H](C(=O)O)C2)C(=O)c1ccc(-c2ccco2)cc1. The van der Waals surface area contributed by atoms with E-state index in [4.69, 9.17) is 4.42 Å². The monoisotopic (exact) mass is 543 g/mol. The minimum absolute atomic E-state index is 0.0958. The number of amides is 1. The number of hydrogen-bond donors (Lipinski definition) is 1. The zero-order valence-electron chi connectivity index (χ0n) is 21.7. The van der Waals surface area contributed by atoms with Gasteiger partial charge in [0.05, 0.1) is 22.0 Å². The largest absolute Gasteiger partial charge is 0.481 e. The zero-order valence-corrected chi connectivity index (χ0v) is 22.5. The first-order chi connectivity index (χ1) is 18.7. The number of carbonyl (C=O) groups is 2. The van der Waals surface area contributed by atoms with Crippen molar-refractivity contribution in [1.82, 2.24) is 4.90 Å². The van der Waals surface area contributed by atoms with Crippen LogP contribution in [0.25, 0.3) is 11.3 Å². The second kappa shape index (κ2) is 10.5. The fraction of sp³-hybridized carbons (Fsp3) is 0.226. The molecule has 1 aliphatic rings. The summed E-state index contributed by atoms with van der Waals surface area (Å²) in [6.07, 6.45) is 2.07. The van der Waals surface area contributed by atoms with Crippen molar-refractivity contribution in [2.75, 3.05) is 0 Å². The second-order valence-corrected chi connectivity index (χ2v) is 11.9. The topological polar surface area (TPSA) is 105 Å². The molecule has 0 aliphatic heterocycles. The van der Waals surface area contributed by atoms with Crippen LogP contribution in [0, 0.1) is 5.92 Å². The Morgan fingerprint density at radius 3 is 2.31 bits per heavy atom. The molecule has 1 atom stereocenters. The van der Waals surface area contributed by atoms with E-state index in [9.17, 15) is 23.1 Å². The molecule has 0 radical (unpaired) electrons. The number of carboxylic acids is 1. The van der Waals surface area contributed by atoms with Crippen LogP contribution in [0.5, 0.6) is 0 Å². The van der Waals surface area contributed by atoms with Gasteiger partial charge < -0.3 is 14.4 Å². The lowest BCUT2D eigenvalue weighted by molar-refractivity contribution is -0.141. The van der Waals surface area contributed by atoms with Crippen LogP contribution in [0.15, 0.2) is 99.3 Å². The molecule has 3 aromatic carbocycles. The van der Waals surface area contributed by atoms with Crippen molar-refractivity contribution in [2.24, 2.45) is 5.92 Å². The highest BCUT2D eigenvalue weighted by atomic mass is 32.2. The molecular formula is C31H29NO6S. The van der Waals surface area contributed by atoms with Gasteiger partial charge in [-0.05, 0) is 79.8 Å². The van der Waals surface area contributed by atoms with E-state index in [1.165, 1.54) is 0 Å². The standard InChI is InChI=1S/C31H29NO6S/c1-20(2)32(30(33)22-14-12-21(13-15-22)27-9-6-16-38-27)19-24-7-3-4-10-28(24)39(36,37)29-11-5-8-23-17-25(31(34)35)18-26(23)29/h3-16,20,25H,17-19H2,1-2H3,(H,34,35)/t25-/m0/s1. The molecule has 200 valence electrons. The first-order valence-electron chi connectivity index (χ1n) is 12.8. The number of rotatable bonds is 8. The molecule has 1 N–H and O–H groups in total. The molecular weight excluding hydrogens is 514 g/mol. The van der Waals surface area contributed by atoms with Crippen molar-refractivity contribution >= 4 is 21.7 Å². The van der Waals surface area contributed by atoms with Gasteiger partial charge >= 0.3 is 5.97 Å². The Kier molecular flexibility index (Phi) is 7.14. The second-order valence-electron chi connectivity index (χ2n) is 10.0. The number of benzene rings is 3. The van der Waals surface area contributed by atoms with Gasteiger partial charge in [-0.15, -0.1) is 0 Å². The van der Waals surface area contributed by atoms with Gasteiger partial charge in [-0.1, -0.05) is 42.5 Å². The molecule has 7 nitrogen and oxygen atoms in total. The lowest BCUT2D eigenvalue weighted by atomic mass is 10.1. The fourth-order valence-electron chi connectivity index (χ4n) is 5.12. The first kappa shape index (κ1) is 26.4. The Bertz CT molecular complexity index is 1620. The van der Waals surface area contributed by atoms with Gasteiger partial charge in [0.15, 0.2) is 0 Å².